The van der Waals surface area contributed by atoms with Crippen LogP contribution in [0.3, 0.4) is 0 Å². The van der Waals surface area contributed by atoms with Crippen molar-refractivity contribution in [2.45, 2.75) is 148 Å². The molecule has 0 radical (unpaired) electrons. The normalized spacial score (nSPS) is 10.6. The lowest BCUT2D eigenvalue weighted by Crippen LogP contribution is -2.13. The smallest absolute Gasteiger partial charge is 0.0443 e. The van der Waals surface area contributed by atoms with Crippen molar-refractivity contribution in [3.63, 3.8) is 0 Å². The van der Waals surface area contributed by atoms with Gasteiger partial charge in [0.05, 0.1) is 0 Å². The van der Waals surface area contributed by atoms with E-state index in [2.05, 4.69) is 16.7 Å². The summed E-state index contributed by atoms with van der Waals surface area (Å²) in [7, 11) is 7.98. The van der Waals surface area contributed by atoms with Crippen LogP contribution < -0.4 is 5.73 Å². The van der Waals surface area contributed by atoms with Gasteiger partial charge in [-0.05, 0) is 67.1 Å². The zero-order valence-corrected chi connectivity index (χ0v) is 27.7. The van der Waals surface area contributed by atoms with E-state index >= 15 is 0 Å². The van der Waals surface area contributed by atoms with E-state index in [0.29, 0.717) is 13.2 Å². The number of rotatable bonds is 26. The van der Waals surface area contributed by atoms with Crippen LogP contribution in [0.5, 0.6) is 0 Å². The molecule has 0 fully saturated rings. The summed E-state index contributed by atoms with van der Waals surface area (Å²) in [6, 6.07) is 0. The van der Waals surface area contributed by atoms with Crippen molar-refractivity contribution >= 4 is 12.4 Å². The van der Waals surface area contributed by atoms with Crippen LogP contribution in [-0.4, -0.2) is 81.1 Å². The highest BCUT2D eigenvalue weighted by Gasteiger charge is 1.95. The van der Waals surface area contributed by atoms with Crippen LogP contribution >= 0.6 is 12.4 Å². The molecule has 0 heterocycles. The zero-order chi connectivity index (χ0) is 28.2. The highest BCUT2D eigenvalue weighted by molar-refractivity contribution is 5.85. The van der Waals surface area contributed by atoms with E-state index in [9.17, 15) is 0 Å². The standard InChI is InChI=1S/C22H47N.2C5H13NO.ClH/c1-2-3-4-5-6-7-8-9-10-11-12-13-14-15-16-17-18-19-20-21-22-23;2*1-6(2)4-3-5-7;/h2-23H2,1H3;2*7H,3-5H2,1-2H3;1H. The van der Waals surface area contributed by atoms with Gasteiger partial charge in [-0.3, -0.25) is 0 Å². The van der Waals surface area contributed by atoms with Gasteiger partial charge in [0.15, 0.2) is 0 Å². The summed E-state index contributed by atoms with van der Waals surface area (Å²) in [6.07, 6.45) is 30.6. The Morgan fingerprint density at radius 3 is 0.816 bits per heavy atom. The van der Waals surface area contributed by atoms with Crippen LogP contribution in [0.15, 0.2) is 0 Å². The first kappa shape index (κ1) is 45.1. The van der Waals surface area contributed by atoms with Gasteiger partial charge in [-0.2, -0.15) is 0 Å². The van der Waals surface area contributed by atoms with Crippen LogP contribution in [0.4, 0.5) is 0 Å². The molecule has 4 N–H and O–H groups in total. The van der Waals surface area contributed by atoms with Crippen LogP contribution in [0, 0.1) is 0 Å². The molecule has 0 bridgehead atoms. The molecule has 0 unspecified atom stereocenters. The maximum absolute atomic E-state index is 8.29. The second-order valence-electron chi connectivity index (χ2n) is 11.3. The van der Waals surface area contributed by atoms with Crippen molar-refractivity contribution in [1.82, 2.24) is 9.80 Å². The number of unbranched alkanes of at least 4 members (excludes halogenated alkanes) is 19. The molecule has 236 valence electrons. The third kappa shape index (κ3) is 56.3. The molecule has 38 heavy (non-hydrogen) atoms. The Balaban J connectivity index is -0.000000315. The zero-order valence-electron chi connectivity index (χ0n) is 26.9. The predicted molar refractivity (Wildman–Crippen MR) is 175 cm³/mol. The van der Waals surface area contributed by atoms with Crippen LogP contribution in [0.1, 0.15) is 148 Å². The van der Waals surface area contributed by atoms with Crippen molar-refractivity contribution in [3.8, 4) is 0 Å². The van der Waals surface area contributed by atoms with Gasteiger partial charge < -0.3 is 25.7 Å². The molecule has 0 aliphatic rings. The minimum absolute atomic E-state index is 0. The summed E-state index contributed by atoms with van der Waals surface area (Å²) in [5, 5.41) is 16.6. The van der Waals surface area contributed by atoms with E-state index in [1.54, 1.807) is 0 Å². The molecule has 0 aliphatic carbocycles. The monoisotopic (exact) mass is 568 g/mol. The van der Waals surface area contributed by atoms with Crippen molar-refractivity contribution in [3.05, 3.63) is 0 Å². The molecule has 6 heteroatoms. The molecule has 5 nitrogen and oxygen atoms in total. The Hall–Kier alpha value is 0.0900. The Morgan fingerprint density at radius 2 is 0.658 bits per heavy atom. The summed E-state index contributed by atoms with van der Waals surface area (Å²) in [4.78, 5) is 4.10. The summed E-state index contributed by atoms with van der Waals surface area (Å²) < 4.78 is 0. The fraction of sp³-hybridized carbons (Fsp3) is 1.00. The SMILES string of the molecule is CCCCCCCCCCCCCCCCCCCCCCN.CN(C)CCCO.CN(C)CCCO.Cl. The highest BCUT2D eigenvalue weighted by atomic mass is 35.5. The Kier molecular flexibility index (Phi) is 52.4. The van der Waals surface area contributed by atoms with Gasteiger partial charge in [0.1, 0.15) is 0 Å². The average Bonchev–Trinajstić information content (AvgIpc) is 2.88. The van der Waals surface area contributed by atoms with E-state index in [0.717, 1.165) is 32.5 Å². The van der Waals surface area contributed by atoms with E-state index in [1.807, 2.05) is 28.2 Å². The molecular weight excluding hydrogens is 494 g/mol. The van der Waals surface area contributed by atoms with E-state index < -0.39 is 0 Å². The first-order valence-electron chi connectivity index (χ1n) is 16.2. The lowest BCUT2D eigenvalue weighted by molar-refractivity contribution is 0.262. The maximum Gasteiger partial charge on any atom is 0.0443 e. The minimum atomic E-state index is 0. The second-order valence-corrected chi connectivity index (χ2v) is 11.3. The van der Waals surface area contributed by atoms with Crippen molar-refractivity contribution < 1.29 is 10.2 Å². The van der Waals surface area contributed by atoms with Crippen molar-refractivity contribution in [1.29, 1.82) is 0 Å². The van der Waals surface area contributed by atoms with E-state index in [4.69, 9.17) is 15.9 Å². The van der Waals surface area contributed by atoms with E-state index in [-0.39, 0.29) is 12.4 Å². The lowest BCUT2D eigenvalue weighted by atomic mass is 10.0. The van der Waals surface area contributed by atoms with Gasteiger partial charge in [0.25, 0.3) is 0 Å². The second kappa shape index (κ2) is 44.1. The van der Waals surface area contributed by atoms with Gasteiger partial charge in [-0.25, -0.2) is 0 Å². The molecule has 0 amide bonds. The van der Waals surface area contributed by atoms with E-state index in [1.165, 1.54) is 128 Å². The molecule has 0 atom stereocenters. The molecular formula is C32H74ClN3O2. The Bertz CT molecular complexity index is 330. The van der Waals surface area contributed by atoms with Crippen LogP contribution in [-0.2, 0) is 0 Å². The first-order valence-corrected chi connectivity index (χ1v) is 16.2. The predicted octanol–water partition coefficient (Wildman–Crippen LogP) is 8.05. The molecule has 0 rings (SSSR count). The third-order valence-electron chi connectivity index (χ3n) is 6.58. The molecule has 0 saturated heterocycles. The quantitative estimate of drug-likeness (QED) is 0.0922. The molecule has 0 aromatic heterocycles. The van der Waals surface area contributed by atoms with Crippen molar-refractivity contribution in [2.75, 3.05) is 61.0 Å². The maximum atomic E-state index is 8.29. The number of aliphatic hydroxyl groups is 2. The summed E-state index contributed by atoms with van der Waals surface area (Å²) in [5.41, 5.74) is 5.51. The number of hydrogen-bond acceptors (Lipinski definition) is 5. The summed E-state index contributed by atoms with van der Waals surface area (Å²) in [5.74, 6) is 0. The first-order chi connectivity index (χ1) is 18.0. The summed E-state index contributed by atoms with van der Waals surface area (Å²) in [6.45, 7) is 5.74. The summed E-state index contributed by atoms with van der Waals surface area (Å²) >= 11 is 0. The van der Waals surface area contributed by atoms with Gasteiger partial charge in [0, 0.05) is 13.2 Å². The molecule has 0 aliphatic heterocycles. The fourth-order valence-electron chi connectivity index (χ4n) is 4.17. The van der Waals surface area contributed by atoms with Gasteiger partial charge >= 0.3 is 0 Å². The average molecular weight is 568 g/mol. The largest absolute Gasteiger partial charge is 0.396 e. The minimum Gasteiger partial charge on any atom is -0.396 e. The molecule has 0 aromatic carbocycles. The fourth-order valence-corrected chi connectivity index (χ4v) is 4.17. The number of nitrogens with zero attached hydrogens (tertiary/aromatic N) is 2. The van der Waals surface area contributed by atoms with Crippen LogP contribution in [0.25, 0.3) is 0 Å². The van der Waals surface area contributed by atoms with Crippen LogP contribution in [0.2, 0.25) is 0 Å². The Morgan fingerprint density at radius 1 is 0.421 bits per heavy atom. The lowest BCUT2D eigenvalue weighted by Gasteiger charge is -2.05. The Labute approximate surface area is 247 Å². The van der Waals surface area contributed by atoms with Gasteiger partial charge in [0.2, 0.25) is 0 Å². The third-order valence-corrected chi connectivity index (χ3v) is 6.58. The molecule has 0 saturated carbocycles. The number of nitrogens with two attached hydrogens (primary N) is 1. The topological polar surface area (TPSA) is 73.0 Å². The number of halogens is 1. The molecule has 0 spiro atoms. The van der Waals surface area contributed by atoms with Gasteiger partial charge in [-0.15, -0.1) is 12.4 Å². The highest BCUT2D eigenvalue weighted by Crippen LogP contribution is 2.14. The van der Waals surface area contributed by atoms with Gasteiger partial charge in [-0.1, -0.05) is 129 Å². The number of hydrogen-bond donors (Lipinski definition) is 3. The molecule has 0 aromatic rings. The number of aliphatic hydroxyl groups excluding tert-OH is 2. The van der Waals surface area contributed by atoms with Crippen molar-refractivity contribution in [2.24, 2.45) is 5.73 Å².